The van der Waals surface area contributed by atoms with Gasteiger partial charge in [-0.1, -0.05) is 12.1 Å². The summed E-state index contributed by atoms with van der Waals surface area (Å²) in [7, 11) is 0. The van der Waals surface area contributed by atoms with Crippen LogP contribution < -0.4 is 11.1 Å². The summed E-state index contributed by atoms with van der Waals surface area (Å²) in [6, 6.07) is 13.6. The number of nitrogens with zero attached hydrogens (tertiary/aromatic N) is 1. The molecule has 4 rings (SSSR count). The lowest BCUT2D eigenvalue weighted by Gasteiger charge is -2.33. The molecule has 0 bridgehead atoms. The van der Waals surface area contributed by atoms with Crippen molar-refractivity contribution in [3.05, 3.63) is 57.6 Å². The molecule has 3 heterocycles. The number of ether oxygens (including phenoxy) is 1. The molecular weight excluding hydrogens is 454 g/mol. The molecule has 1 aliphatic rings. The summed E-state index contributed by atoms with van der Waals surface area (Å²) in [5, 5.41) is 4.99. The van der Waals surface area contributed by atoms with Crippen molar-refractivity contribution in [3.63, 3.8) is 0 Å². The quantitative estimate of drug-likeness (QED) is 0.419. The summed E-state index contributed by atoms with van der Waals surface area (Å²) >= 11 is 3.15. The van der Waals surface area contributed by atoms with Gasteiger partial charge in [0.1, 0.15) is 5.60 Å². The van der Waals surface area contributed by atoms with E-state index in [1.807, 2.05) is 68.6 Å². The van der Waals surface area contributed by atoms with Gasteiger partial charge in [-0.05, 0) is 80.8 Å². The number of benzene rings is 1. The van der Waals surface area contributed by atoms with E-state index < -0.39 is 5.60 Å². The number of nitrogen functional groups attached to an aromatic ring is 1. The van der Waals surface area contributed by atoms with E-state index in [-0.39, 0.29) is 12.0 Å². The van der Waals surface area contributed by atoms with E-state index in [1.165, 1.54) is 16.2 Å². The highest BCUT2D eigenvalue weighted by Crippen LogP contribution is 2.35. The average Bonchev–Trinajstić information content (AvgIpc) is 3.47. The minimum absolute atomic E-state index is 0.160. The van der Waals surface area contributed by atoms with Crippen molar-refractivity contribution in [1.29, 1.82) is 0 Å². The first-order valence-corrected chi connectivity index (χ1v) is 12.7. The maximum Gasteiger partial charge on any atom is 0.410 e. The Morgan fingerprint density at radius 2 is 1.88 bits per heavy atom. The third-order valence-corrected chi connectivity index (χ3v) is 7.67. The molecule has 0 radical (unpaired) electrons. The Labute approximate surface area is 202 Å². The second-order valence-electron chi connectivity index (χ2n) is 9.18. The molecule has 2 aromatic heterocycles. The number of piperidine rings is 1. The Morgan fingerprint density at radius 1 is 1.12 bits per heavy atom. The van der Waals surface area contributed by atoms with Gasteiger partial charge in [-0.3, -0.25) is 4.79 Å². The van der Waals surface area contributed by atoms with E-state index in [4.69, 9.17) is 10.5 Å². The topological polar surface area (TPSA) is 84.7 Å². The third kappa shape index (κ3) is 5.75. The minimum Gasteiger partial charge on any atom is -0.444 e. The zero-order valence-corrected chi connectivity index (χ0v) is 20.7. The van der Waals surface area contributed by atoms with Crippen LogP contribution in [0.15, 0.2) is 47.8 Å². The van der Waals surface area contributed by atoms with Gasteiger partial charge in [-0.2, -0.15) is 0 Å². The van der Waals surface area contributed by atoms with Gasteiger partial charge in [0.2, 0.25) is 0 Å². The molecular formula is C25H29N3O3S2. The normalized spacial score (nSPS) is 14.8. The van der Waals surface area contributed by atoms with E-state index in [2.05, 4.69) is 5.32 Å². The van der Waals surface area contributed by atoms with Crippen molar-refractivity contribution < 1.29 is 14.3 Å². The number of anilines is 2. The molecule has 0 atom stereocenters. The Morgan fingerprint density at radius 3 is 2.55 bits per heavy atom. The first-order chi connectivity index (χ1) is 15.7. The molecule has 8 heteroatoms. The number of hydrogen-bond acceptors (Lipinski definition) is 6. The first kappa shape index (κ1) is 23.3. The molecule has 0 saturated carbocycles. The second-order valence-corrected chi connectivity index (χ2v) is 11.2. The van der Waals surface area contributed by atoms with E-state index in [9.17, 15) is 9.59 Å². The van der Waals surface area contributed by atoms with Crippen LogP contribution in [-0.2, 0) is 4.74 Å². The lowest BCUT2D eigenvalue weighted by atomic mass is 9.95. The van der Waals surface area contributed by atoms with E-state index in [0.29, 0.717) is 35.3 Å². The van der Waals surface area contributed by atoms with Crippen LogP contribution in [0.2, 0.25) is 0 Å². The first-order valence-electron chi connectivity index (χ1n) is 11.0. The maximum absolute atomic E-state index is 12.9. The largest absolute Gasteiger partial charge is 0.444 e. The maximum atomic E-state index is 12.9. The fraction of sp³-hybridized carbons (Fsp3) is 0.360. The Hall–Kier alpha value is -2.84. The minimum atomic E-state index is -0.489. The molecule has 0 spiro atoms. The molecule has 174 valence electrons. The number of likely N-dealkylation sites (tertiary alicyclic amines) is 1. The number of carbonyl (C=O) groups is 2. The van der Waals surface area contributed by atoms with Gasteiger partial charge in [-0.25, -0.2) is 4.79 Å². The molecule has 1 aromatic carbocycles. The predicted molar refractivity (Wildman–Crippen MR) is 136 cm³/mol. The molecule has 1 saturated heterocycles. The Bertz CT molecular complexity index is 1120. The molecule has 1 aliphatic heterocycles. The second kappa shape index (κ2) is 9.57. The monoisotopic (exact) mass is 483 g/mol. The molecule has 33 heavy (non-hydrogen) atoms. The van der Waals surface area contributed by atoms with Crippen LogP contribution in [0.1, 0.15) is 54.1 Å². The van der Waals surface area contributed by atoms with Gasteiger partial charge >= 0.3 is 6.09 Å². The van der Waals surface area contributed by atoms with Crippen molar-refractivity contribution in [1.82, 2.24) is 4.90 Å². The number of thiophene rings is 2. The van der Waals surface area contributed by atoms with Crippen LogP contribution in [0.4, 0.5) is 16.2 Å². The van der Waals surface area contributed by atoms with Gasteiger partial charge in [0.05, 0.1) is 16.3 Å². The van der Waals surface area contributed by atoms with Gasteiger partial charge in [0.15, 0.2) is 0 Å². The standard InChI is InChI=1S/C25H29N3O3S2/c1-25(2,3)31-24(30)28-12-10-16(11-13-28)21-8-9-22(33-21)23(29)27-19-15-17(6-7-18(19)26)20-5-4-14-32-20/h4-9,14-16H,10-13,26H2,1-3H3,(H,27,29). The average molecular weight is 484 g/mol. The van der Waals surface area contributed by atoms with Crippen LogP contribution in [0, 0.1) is 0 Å². The van der Waals surface area contributed by atoms with Crippen LogP contribution in [0.3, 0.4) is 0 Å². The molecule has 3 aromatic rings. The fourth-order valence-electron chi connectivity index (χ4n) is 3.81. The summed E-state index contributed by atoms with van der Waals surface area (Å²) in [6.45, 7) is 6.95. The summed E-state index contributed by atoms with van der Waals surface area (Å²) in [6.07, 6.45) is 1.46. The van der Waals surface area contributed by atoms with Gasteiger partial charge in [0.25, 0.3) is 5.91 Å². The van der Waals surface area contributed by atoms with Crippen LogP contribution >= 0.6 is 22.7 Å². The lowest BCUT2D eigenvalue weighted by Crippen LogP contribution is -2.41. The van der Waals surface area contributed by atoms with E-state index >= 15 is 0 Å². The number of hydrogen-bond donors (Lipinski definition) is 2. The van der Waals surface area contributed by atoms with Crippen molar-refractivity contribution in [2.75, 3.05) is 24.1 Å². The van der Waals surface area contributed by atoms with Crippen molar-refractivity contribution in [3.8, 4) is 10.4 Å². The number of nitrogens with one attached hydrogen (secondary N) is 1. The van der Waals surface area contributed by atoms with Gasteiger partial charge in [-0.15, -0.1) is 22.7 Å². The van der Waals surface area contributed by atoms with Crippen molar-refractivity contribution in [2.24, 2.45) is 0 Å². The van der Waals surface area contributed by atoms with Gasteiger partial charge in [0, 0.05) is 22.8 Å². The number of nitrogens with two attached hydrogens (primary N) is 1. The molecule has 3 N–H and O–H groups in total. The van der Waals surface area contributed by atoms with Crippen molar-refractivity contribution in [2.45, 2.75) is 45.1 Å². The van der Waals surface area contributed by atoms with Gasteiger partial charge < -0.3 is 20.7 Å². The van der Waals surface area contributed by atoms with Crippen LogP contribution in [0.25, 0.3) is 10.4 Å². The Kier molecular flexibility index (Phi) is 6.76. The molecule has 1 fully saturated rings. The zero-order valence-electron chi connectivity index (χ0n) is 19.1. The summed E-state index contributed by atoms with van der Waals surface area (Å²) in [4.78, 5) is 29.9. The summed E-state index contributed by atoms with van der Waals surface area (Å²) < 4.78 is 5.48. The molecule has 0 aliphatic carbocycles. The van der Waals surface area contributed by atoms with E-state index in [1.54, 1.807) is 16.2 Å². The van der Waals surface area contributed by atoms with E-state index in [0.717, 1.165) is 23.3 Å². The number of carbonyl (C=O) groups excluding carboxylic acids is 2. The predicted octanol–water partition coefficient (Wildman–Crippen LogP) is 6.43. The highest BCUT2D eigenvalue weighted by atomic mass is 32.1. The number of rotatable bonds is 4. The fourth-order valence-corrected chi connectivity index (χ4v) is 5.61. The van der Waals surface area contributed by atoms with Crippen molar-refractivity contribution >= 4 is 46.0 Å². The smallest absolute Gasteiger partial charge is 0.410 e. The highest BCUT2D eigenvalue weighted by molar-refractivity contribution is 7.14. The zero-order chi connectivity index (χ0) is 23.6. The Balaban J connectivity index is 1.38. The third-order valence-electron chi connectivity index (χ3n) is 5.51. The molecule has 6 nitrogen and oxygen atoms in total. The highest BCUT2D eigenvalue weighted by Gasteiger charge is 2.28. The molecule has 2 amide bonds. The SMILES string of the molecule is CC(C)(C)OC(=O)N1CCC(c2ccc(C(=O)Nc3cc(-c4cccs4)ccc3N)s2)CC1. The number of amides is 2. The summed E-state index contributed by atoms with van der Waals surface area (Å²) in [5.74, 6) is 0.176. The summed E-state index contributed by atoms with van der Waals surface area (Å²) in [5.41, 5.74) is 7.81. The van der Waals surface area contributed by atoms with Crippen LogP contribution in [-0.4, -0.2) is 35.6 Å². The molecule has 0 unspecified atom stereocenters. The van der Waals surface area contributed by atoms with Crippen LogP contribution in [0.5, 0.6) is 0 Å². The lowest BCUT2D eigenvalue weighted by molar-refractivity contribution is 0.0205.